The minimum absolute atomic E-state index is 0.0754. The maximum atomic E-state index is 6.64. The molecule has 0 rings (SSSR count). The molecule has 1 heteroatoms. The molecular formula is C38H79N. The Labute approximate surface area is 250 Å². The Balaban J connectivity index is 3.26. The van der Waals surface area contributed by atoms with Crippen LogP contribution < -0.4 is 5.73 Å². The third kappa shape index (κ3) is 34.1. The first-order valence-electron chi connectivity index (χ1n) is 18.9. The van der Waals surface area contributed by atoms with Gasteiger partial charge in [-0.25, -0.2) is 0 Å². The second-order valence-corrected chi connectivity index (χ2v) is 13.8. The van der Waals surface area contributed by atoms with Crippen LogP contribution in [0.15, 0.2) is 0 Å². The lowest BCUT2D eigenvalue weighted by Crippen LogP contribution is -2.35. The fourth-order valence-corrected chi connectivity index (χ4v) is 6.28. The molecule has 0 fully saturated rings. The summed E-state index contributed by atoms with van der Waals surface area (Å²) in [6.45, 7) is 6.92. The van der Waals surface area contributed by atoms with E-state index in [0.29, 0.717) is 0 Å². The van der Waals surface area contributed by atoms with Crippen molar-refractivity contribution in [2.24, 2.45) is 5.73 Å². The van der Waals surface area contributed by atoms with E-state index in [0.717, 1.165) is 0 Å². The highest BCUT2D eigenvalue weighted by atomic mass is 14.7. The van der Waals surface area contributed by atoms with Crippen molar-refractivity contribution in [2.45, 2.75) is 245 Å². The maximum Gasteiger partial charge on any atom is 0.0125 e. The molecule has 0 aromatic heterocycles. The van der Waals surface area contributed by atoms with Crippen LogP contribution in [-0.2, 0) is 0 Å². The monoisotopic (exact) mass is 550 g/mol. The number of hydrogen-bond donors (Lipinski definition) is 1. The van der Waals surface area contributed by atoms with Crippen LogP contribution in [-0.4, -0.2) is 5.54 Å². The van der Waals surface area contributed by atoms with Crippen molar-refractivity contribution in [3.8, 4) is 0 Å². The van der Waals surface area contributed by atoms with Gasteiger partial charge in [-0.15, -0.1) is 0 Å². The highest BCUT2D eigenvalue weighted by Gasteiger charge is 2.16. The predicted octanol–water partition coefficient (Wildman–Crippen LogP) is 14.0. The van der Waals surface area contributed by atoms with Crippen LogP contribution in [0.4, 0.5) is 0 Å². The Hall–Kier alpha value is -0.0400. The molecule has 0 heterocycles. The molecular weight excluding hydrogens is 470 g/mol. The summed E-state index contributed by atoms with van der Waals surface area (Å²) in [5.74, 6) is 0. The first-order valence-corrected chi connectivity index (χ1v) is 18.9. The quantitative estimate of drug-likeness (QED) is 0.0793. The van der Waals surface area contributed by atoms with Gasteiger partial charge in [-0.3, -0.25) is 0 Å². The van der Waals surface area contributed by atoms with Gasteiger partial charge >= 0.3 is 0 Å². The van der Waals surface area contributed by atoms with Crippen molar-refractivity contribution >= 4 is 0 Å². The van der Waals surface area contributed by atoms with E-state index in [2.05, 4.69) is 20.8 Å². The van der Waals surface area contributed by atoms with Crippen molar-refractivity contribution in [1.82, 2.24) is 0 Å². The number of rotatable bonds is 34. The third-order valence-corrected chi connectivity index (χ3v) is 9.20. The summed E-state index contributed by atoms with van der Waals surface area (Å²) in [6, 6.07) is 0. The Morgan fingerprint density at radius 1 is 0.282 bits per heavy atom. The lowest BCUT2D eigenvalue weighted by Gasteiger charge is -2.24. The van der Waals surface area contributed by atoms with Crippen molar-refractivity contribution in [3.05, 3.63) is 0 Å². The molecule has 0 saturated carbocycles. The van der Waals surface area contributed by atoms with Crippen molar-refractivity contribution < 1.29 is 0 Å². The summed E-state index contributed by atoms with van der Waals surface area (Å²) in [6.07, 6.45) is 48.6. The van der Waals surface area contributed by atoms with E-state index in [-0.39, 0.29) is 5.54 Å². The predicted molar refractivity (Wildman–Crippen MR) is 181 cm³/mol. The van der Waals surface area contributed by atoms with E-state index < -0.39 is 0 Å². The molecule has 0 bridgehead atoms. The molecule has 0 spiro atoms. The molecule has 0 aromatic rings. The molecule has 0 atom stereocenters. The molecule has 0 aliphatic rings. The molecule has 0 amide bonds. The molecule has 2 N–H and O–H groups in total. The highest BCUT2D eigenvalue weighted by Crippen LogP contribution is 2.21. The summed E-state index contributed by atoms with van der Waals surface area (Å²) < 4.78 is 0. The number of unbranched alkanes of at least 4 members (excludes halogenated alkanes) is 30. The summed E-state index contributed by atoms with van der Waals surface area (Å²) >= 11 is 0. The Morgan fingerprint density at radius 2 is 0.436 bits per heavy atom. The summed E-state index contributed by atoms with van der Waals surface area (Å²) in [5, 5.41) is 0. The Kier molecular flexibility index (Phi) is 32.4. The van der Waals surface area contributed by atoms with Crippen LogP contribution in [0, 0.1) is 0 Å². The summed E-state index contributed by atoms with van der Waals surface area (Å²) in [7, 11) is 0. The first-order chi connectivity index (χ1) is 19.1. The zero-order valence-corrected chi connectivity index (χ0v) is 28.1. The van der Waals surface area contributed by atoms with E-state index in [4.69, 9.17) is 5.73 Å². The fourth-order valence-electron chi connectivity index (χ4n) is 6.28. The Morgan fingerprint density at radius 3 is 0.615 bits per heavy atom. The lowest BCUT2D eigenvalue weighted by molar-refractivity contribution is 0.363. The van der Waals surface area contributed by atoms with Gasteiger partial charge in [0.25, 0.3) is 0 Å². The summed E-state index contributed by atoms with van der Waals surface area (Å²) in [4.78, 5) is 0. The van der Waals surface area contributed by atoms with Crippen LogP contribution in [0.5, 0.6) is 0 Å². The molecule has 0 radical (unpaired) electrons. The molecule has 0 unspecified atom stereocenters. The Bertz CT molecular complexity index is 390. The maximum absolute atomic E-state index is 6.64. The summed E-state index contributed by atoms with van der Waals surface area (Å²) in [5.41, 5.74) is 6.71. The van der Waals surface area contributed by atoms with Crippen LogP contribution in [0.2, 0.25) is 0 Å². The second-order valence-electron chi connectivity index (χ2n) is 13.8. The van der Waals surface area contributed by atoms with Gasteiger partial charge in [0, 0.05) is 5.54 Å². The minimum Gasteiger partial charge on any atom is -0.325 e. The SMILES string of the molecule is CCCCCCCCCCCCCCCCCCC(C)(N)CCCCCCCCCCCCCCCCCC. The van der Waals surface area contributed by atoms with Gasteiger partial charge in [-0.05, 0) is 19.8 Å². The van der Waals surface area contributed by atoms with Gasteiger partial charge in [0.05, 0.1) is 0 Å². The third-order valence-electron chi connectivity index (χ3n) is 9.20. The van der Waals surface area contributed by atoms with Crippen LogP contribution in [0.3, 0.4) is 0 Å². The largest absolute Gasteiger partial charge is 0.325 e. The molecule has 1 nitrogen and oxygen atoms in total. The molecule has 0 aliphatic heterocycles. The molecule has 236 valence electrons. The zero-order valence-electron chi connectivity index (χ0n) is 28.1. The smallest absolute Gasteiger partial charge is 0.0125 e. The second kappa shape index (κ2) is 32.5. The van der Waals surface area contributed by atoms with Crippen LogP contribution >= 0.6 is 0 Å². The van der Waals surface area contributed by atoms with E-state index in [9.17, 15) is 0 Å². The topological polar surface area (TPSA) is 26.0 Å². The van der Waals surface area contributed by atoms with Gasteiger partial charge in [0.2, 0.25) is 0 Å². The number of nitrogens with two attached hydrogens (primary N) is 1. The van der Waals surface area contributed by atoms with Gasteiger partial charge in [0.15, 0.2) is 0 Å². The molecule has 39 heavy (non-hydrogen) atoms. The fraction of sp³-hybridized carbons (Fsp3) is 1.00. The van der Waals surface area contributed by atoms with Crippen molar-refractivity contribution in [3.63, 3.8) is 0 Å². The standard InChI is InChI=1S/C38H79N/c1-4-6-8-10-12-14-16-18-20-22-24-26-28-30-32-34-36-38(3,39)37-35-33-31-29-27-25-23-21-19-17-15-13-11-9-7-5-2/h4-37,39H2,1-3H3. The van der Waals surface area contributed by atoms with Crippen LogP contribution in [0.25, 0.3) is 0 Å². The van der Waals surface area contributed by atoms with Crippen LogP contribution in [0.1, 0.15) is 239 Å². The van der Waals surface area contributed by atoms with Crippen molar-refractivity contribution in [2.75, 3.05) is 0 Å². The molecule has 0 aromatic carbocycles. The number of hydrogen-bond acceptors (Lipinski definition) is 1. The van der Waals surface area contributed by atoms with E-state index in [1.54, 1.807) is 0 Å². The molecule has 0 aliphatic carbocycles. The van der Waals surface area contributed by atoms with E-state index in [1.807, 2.05) is 0 Å². The van der Waals surface area contributed by atoms with E-state index in [1.165, 1.54) is 218 Å². The van der Waals surface area contributed by atoms with E-state index >= 15 is 0 Å². The van der Waals surface area contributed by atoms with Gasteiger partial charge < -0.3 is 5.73 Å². The average molecular weight is 550 g/mol. The van der Waals surface area contributed by atoms with Gasteiger partial charge in [-0.1, -0.05) is 219 Å². The first kappa shape index (κ1) is 39.0. The zero-order chi connectivity index (χ0) is 28.5. The normalized spacial score (nSPS) is 12.0. The molecule has 0 saturated heterocycles. The average Bonchev–Trinajstić information content (AvgIpc) is 2.92. The van der Waals surface area contributed by atoms with Gasteiger partial charge in [-0.2, -0.15) is 0 Å². The van der Waals surface area contributed by atoms with Gasteiger partial charge in [0.1, 0.15) is 0 Å². The minimum atomic E-state index is 0.0754. The van der Waals surface area contributed by atoms with Crippen molar-refractivity contribution in [1.29, 1.82) is 0 Å². The highest BCUT2D eigenvalue weighted by molar-refractivity contribution is 4.78. The lowest BCUT2D eigenvalue weighted by atomic mass is 9.89.